The SMILES string of the molecule is C=C/C=C(\N=C/C)N1c2nc(C)ncc2[C@@]2(C)C(C)OC(C)(C)CC[C@@H]12. The minimum absolute atomic E-state index is 0.0376. The van der Waals surface area contributed by atoms with Crippen molar-refractivity contribution < 1.29 is 4.74 Å². The van der Waals surface area contributed by atoms with Gasteiger partial charge in [-0.25, -0.2) is 15.0 Å². The van der Waals surface area contributed by atoms with Gasteiger partial charge in [0.1, 0.15) is 17.5 Å². The molecule has 0 bridgehead atoms. The molecule has 1 aromatic heterocycles. The summed E-state index contributed by atoms with van der Waals surface area (Å²) in [6, 6.07) is 0.209. The molecule has 0 radical (unpaired) electrons. The Balaban J connectivity index is 2.23. The summed E-state index contributed by atoms with van der Waals surface area (Å²) in [5.41, 5.74) is 0.778. The van der Waals surface area contributed by atoms with Crippen molar-refractivity contribution in [3.63, 3.8) is 0 Å². The number of nitrogens with zero attached hydrogens (tertiary/aromatic N) is 4. The molecule has 0 aromatic carbocycles. The van der Waals surface area contributed by atoms with Crippen molar-refractivity contribution in [2.75, 3.05) is 4.90 Å². The van der Waals surface area contributed by atoms with Crippen molar-refractivity contribution in [1.82, 2.24) is 9.97 Å². The summed E-state index contributed by atoms with van der Waals surface area (Å²) in [6.07, 6.45) is 9.54. The second-order valence-corrected chi connectivity index (χ2v) is 8.03. The number of hydrogen-bond acceptors (Lipinski definition) is 5. The summed E-state index contributed by atoms with van der Waals surface area (Å²) >= 11 is 0. The monoisotopic (exact) mass is 354 g/mol. The van der Waals surface area contributed by atoms with Crippen molar-refractivity contribution in [3.05, 3.63) is 42.1 Å². The van der Waals surface area contributed by atoms with Gasteiger partial charge in [0.25, 0.3) is 0 Å². The third-order valence-corrected chi connectivity index (χ3v) is 5.84. The fraction of sp³-hybridized carbons (Fsp3) is 0.571. The van der Waals surface area contributed by atoms with Gasteiger partial charge in [0.15, 0.2) is 0 Å². The molecule has 0 N–H and O–H groups in total. The van der Waals surface area contributed by atoms with E-state index in [-0.39, 0.29) is 23.2 Å². The molecule has 0 amide bonds. The molecule has 0 saturated carbocycles. The zero-order valence-electron chi connectivity index (χ0n) is 16.8. The van der Waals surface area contributed by atoms with E-state index in [0.29, 0.717) is 0 Å². The second-order valence-electron chi connectivity index (χ2n) is 8.03. The predicted octanol–water partition coefficient (Wildman–Crippen LogP) is 4.33. The van der Waals surface area contributed by atoms with Crippen LogP contribution < -0.4 is 4.90 Å². The summed E-state index contributed by atoms with van der Waals surface area (Å²) in [5, 5.41) is 0. The average Bonchev–Trinajstić information content (AvgIpc) is 2.76. The maximum atomic E-state index is 6.49. The Bertz CT molecular complexity index is 767. The molecule has 3 atom stereocenters. The molecule has 0 spiro atoms. The quantitative estimate of drug-likeness (QED) is 0.599. The molecule has 1 saturated heterocycles. The lowest BCUT2D eigenvalue weighted by Gasteiger charge is -2.38. The van der Waals surface area contributed by atoms with E-state index in [2.05, 4.69) is 49.2 Å². The topological polar surface area (TPSA) is 50.6 Å². The van der Waals surface area contributed by atoms with Crippen LogP contribution in [0.25, 0.3) is 0 Å². The smallest absolute Gasteiger partial charge is 0.142 e. The van der Waals surface area contributed by atoms with Gasteiger partial charge in [-0.1, -0.05) is 19.6 Å². The Hall–Kier alpha value is -2.01. The number of allylic oxidation sites excluding steroid dienone is 2. The molecule has 5 heteroatoms. The number of rotatable bonds is 3. The Labute approximate surface area is 156 Å². The normalized spacial score (nSPS) is 30.8. The molecule has 0 aliphatic carbocycles. The van der Waals surface area contributed by atoms with Crippen LogP contribution in [-0.2, 0) is 10.2 Å². The molecule has 5 nitrogen and oxygen atoms in total. The number of aliphatic imine (C=N–C) groups is 1. The lowest BCUT2D eigenvalue weighted by Crippen LogP contribution is -2.48. The Morgan fingerprint density at radius 2 is 2.15 bits per heavy atom. The number of aromatic nitrogens is 2. The molecule has 26 heavy (non-hydrogen) atoms. The molecular weight excluding hydrogens is 324 g/mol. The molecule has 2 aliphatic heterocycles. The first-order valence-corrected chi connectivity index (χ1v) is 9.37. The van der Waals surface area contributed by atoms with Gasteiger partial charge in [0.05, 0.1) is 11.7 Å². The van der Waals surface area contributed by atoms with Gasteiger partial charge in [0, 0.05) is 29.4 Å². The van der Waals surface area contributed by atoms with E-state index < -0.39 is 0 Å². The van der Waals surface area contributed by atoms with Crippen molar-refractivity contribution >= 4 is 12.0 Å². The maximum Gasteiger partial charge on any atom is 0.142 e. The highest BCUT2D eigenvalue weighted by molar-refractivity contribution is 5.66. The lowest BCUT2D eigenvalue weighted by molar-refractivity contribution is -0.0823. The number of aryl methyl sites for hydroxylation is 1. The minimum atomic E-state index is -0.208. The largest absolute Gasteiger partial charge is 0.372 e. The van der Waals surface area contributed by atoms with E-state index in [1.165, 1.54) is 0 Å². The Kier molecular flexibility index (Phi) is 4.78. The summed E-state index contributed by atoms with van der Waals surface area (Å²) < 4.78 is 6.49. The zero-order chi connectivity index (χ0) is 19.1. The van der Waals surface area contributed by atoms with Crippen LogP contribution in [0.3, 0.4) is 0 Å². The van der Waals surface area contributed by atoms with Crippen LogP contribution in [0.1, 0.15) is 58.8 Å². The third kappa shape index (κ3) is 2.88. The van der Waals surface area contributed by atoms with Crippen LogP contribution in [0.4, 0.5) is 5.82 Å². The molecule has 3 heterocycles. The van der Waals surface area contributed by atoms with Crippen molar-refractivity contribution in [2.45, 2.75) is 77.5 Å². The lowest BCUT2D eigenvalue weighted by atomic mass is 9.74. The third-order valence-electron chi connectivity index (χ3n) is 5.84. The van der Waals surface area contributed by atoms with Gasteiger partial charge in [-0.05, 0) is 53.5 Å². The van der Waals surface area contributed by atoms with Crippen molar-refractivity contribution in [3.8, 4) is 0 Å². The van der Waals surface area contributed by atoms with E-state index in [1.807, 2.05) is 32.3 Å². The maximum absolute atomic E-state index is 6.49. The van der Waals surface area contributed by atoms with Gasteiger partial charge in [-0.15, -0.1) is 0 Å². The second kappa shape index (κ2) is 6.62. The van der Waals surface area contributed by atoms with E-state index >= 15 is 0 Å². The fourth-order valence-corrected chi connectivity index (χ4v) is 4.37. The van der Waals surface area contributed by atoms with Crippen molar-refractivity contribution in [2.24, 2.45) is 4.99 Å². The Morgan fingerprint density at radius 3 is 2.81 bits per heavy atom. The van der Waals surface area contributed by atoms with E-state index in [1.54, 1.807) is 6.08 Å². The van der Waals surface area contributed by atoms with Crippen LogP contribution in [-0.4, -0.2) is 33.9 Å². The summed E-state index contributed by atoms with van der Waals surface area (Å²) in [6.45, 7) is 16.5. The molecule has 1 aromatic rings. The molecule has 2 aliphatic rings. The van der Waals surface area contributed by atoms with Crippen LogP contribution >= 0.6 is 0 Å². The molecule has 3 rings (SSSR count). The van der Waals surface area contributed by atoms with Gasteiger partial charge in [-0.2, -0.15) is 0 Å². The number of ether oxygens (including phenoxy) is 1. The van der Waals surface area contributed by atoms with Crippen molar-refractivity contribution in [1.29, 1.82) is 0 Å². The molecular formula is C21H30N4O. The molecule has 140 valence electrons. The van der Waals surface area contributed by atoms with Crippen LogP contribution in [0.2, 0.25) is 0 Å². The Morgan fingerprint density at radius 1 is 1.42 bits per heavy atom. The van der Waals surface area contributed by atoms with Gasteiger partial charge in [0.2, 0.25) is 0 Å². The van der Waals surface area contributed by atoms with Crippen LogP contribution in [0.15, 0.2) is 35.7 Å². The van der Waals surface area contributed by atoms with Gasteiger partial charge < -0.3 is 9.64 Å². The number of hydrogen-bond donors (Lipinski definition) is 0. The summed E-state index contributed by atoms with van der Waals surface area (Å²) in [4.78, 5) is 16.2. The predicted molar refractivity (Wildman–Crippen MR) is 107 cm³/mol. The molecule has 1 fully saturated rings. The van der Waals surface area contributed by atoms with Gasteiger partial charge >= 0.3 is 0 Å². The highest BCUT2D eigenvalue weighted by atomic mass is 16.5. The summed E-state index contributed by atoms with van der Waals surface area (Å²) in [5.74, 6) is 2.57. The average molecular weight is 354 g/mol. The molecule has 1 unspecified atom stereocenters. The number of fused-ring (bicyclic) bond motifs is 3. The highest BCUT2D eigenvalue weighted by Gasteiger charge is 2.56. The highest BCUT2D eigenvalue weighted by Crippen LogP contribution is 2.52. The first kappa shape index (κ1) is 18.8. The fourth-order valence-electron chi connectivity index (χ4n) is 4.37. The number of anilines is 1. The van der Waals surface area contributed by atoms with Crippen LogP contribution in [0, 0.1) is 6.92 Å². The van der Waals surface area contributed by atoms with Crippen LogP contribution in [0.5, 0.6) is 0 Å². The van der Waals surface area contributed by atoms with Gasteiger partial charge in [-0.3, -0.25) is 0 Å². The van der Waals surface area contributed by atoms with E-state index in [4.69, 9.17) is 9.72 Å². The summed E-state index contributed by atoms with van der Waals surface area (Å²) in [7, 11) is 0. The zero-order valence-corrected chi connectivity index (χ0v) is 16.8. The first-order valence-electron chi connectivity index (χ1n) is 9.37. The standard InChI is InChI=1S/C21H30N4O/c1-8-10-18(22-9-2)25-17-11-12-20(5,6)26-14(3)21(17,7)16-13-23-15(4)24-19(16)25/h8-10,13-14,17H,1,11-12H2,2-7H3/b18-10+,22-9-/t14?,17-,21-/m1/s1. The first-order chi connectivity index (χ1) is 12.2. The van der Waals surface area contributed by atoms with E-state index in [9.17, 15) is 0 Å². The van der Waals surface area contributed by atoms with E-state index in [0.717, 1.165) is 35.9 Å². The minimum Gasteiger partial charge on any atom is -0.372 e.